The number of nitrogens with one attached hydrogen (secondary N) is 1. The monoisotopic (exact) mass is 421 g/mol. The van der Waals surface area contributed by atoms with Gasteiger partial charge < -0.3 is 10.4 Å². The van der Waals surface area contributed by atoms with E-state index in [2.05, 4.69) is 15.4 Å². The predicted octanol–water partition coefficient (Wildman–Crippen LogP) is 3.16. The van der Waals surface area contributed by atoms with Crippen LogP contribution < -0.4 is 5.32 Å². The van der Waals surface area contributed by atoms with Crippen LogP contribution in [0.4, 0.5) is 23.2 Å². The molecule has 0 fully saturated rings. The molecule has 0 aliphatic heterocycles. The Labute approximate surface area is 167 Å². The molecule has 156 valence electrons. The topological polar surface area (TPSA) is 104 Å². The second kappa shape index (κ2) is 7.38. The maximum absolute atomic E-state index is 13.4. The van der Waals surface area contributed by atoms with E-state index in [0.29, 0.717) is 22.7 Å². The summed E-state index contributed by atoms with van der Waals surface area (Å²) in [6.45, 7) is 2.45. The van der Waals surface area contributed by atoms with Crippen molar-refractivity contribution < 1.29 is 27.5 Å². The molecule has 30 heavy (non-hydrogen) atoms. The summed E-state index contributed by atoms with van der Waals surface area (Å²) in [5.74, 6) is -1.48. The van der Waals surface area contributed by atoms with Crippen LogP contribution in [0.15, 0.2) is 30.5 Å². The van der Waals surface area contributed by atoms with Crippen LogP contribution in [-0.2, 0) is 17.5 Å². The van der Waals surface area contributed by atoms with Crippen molar-refractivity contribution in [2.45, 2.75) is 32.2 Å². The lowest BCUT2D eigenvalue weighted by molar-refractivity contribution is -0.138. The number of hydrogen-bond acceptors (Lipinski definition) is 5. The van der Waals surface area contributed by atoms with Crippen LogP contribution in [0.25, 0.3) is 10.9 Å². The Morgan fingerprint density at radius 2 is 2.03 bits per heavy atom. The molecule has 2 aromatic heterocycles. The average molecular weight is 421 g/mol. The first kappa shape index (κ1) is 21.2. The third-order valence-corrected chi connectivity index (χ3v) is 4.40. The van der Waals surface area contributed by atoms with Gasteiger partial charge in [-0.25, -0.2) is 9.37 Å². The van der Waals surface area contributed by atoms with Crippen molar-refractivity contribution in [3.05, 3.63) is 53.2 Å². The molecule has 0 radical (unpaired) electrons. The second-order valence-corrected chi connectivity index (χ2v) is 6.86. The normalized spacial score (nSPS) is 13.7. The third kappa shape index (κ3) is 4.08. The highest BCUT2D eigenvalue weighted by Gasteiger charge is 2.36. The van der Waals surface area contributed by atoms with E-state index in [0.717, 1.165) is 13.1 Å². The molecule has 1 aromatic carbocycles. The van der Waals surface area contributed by atoms with E-state index >= 15 is 0 Å². The number of aryl methyl sites for hydroxylation is 1. The summed E-state index contributed by atoms with van der Waals surface area (Å²) in [4.78, 5) is 15.9. The number of aliphatic hydroxyl groups is 1. The SMILES string of the molecule is Cc1nn(CC(C)(O)C(=O)Nc2cnc(C#N)c(C(F)(F)F)c2)c2ccc(F)cc12. The van der Waals surface area contributed by atoms with Gasteiger partial charge in [0, 0.05) is 5.39 Å². The molecule has 2 heterocycles. The standard InChI is InChI=1S/C19H15F4N5O2/c1-10-13-5-11(20)3-4-16(13)28(27-10)9-18(2,30)17(29)26-12-6-14(19(21,22)23)15(7-24)25-8-12/h3-6,8,30H,9H2,1-2H3,(H,26,29). The van der Waals surface area contributed by atoms with Crippen LogP contribution in [0.3, 0.4) is 0 Å². The molecule has 0 bridgehead atoms. The highest BCUT2D eigenvalue weighted by molar-refractivity contribution is 5.97. The zero-order valence-electron chi connectivity index (χ0n) is 15.8. The lowest BCUT2D eigenvalue weighted by Gasteiger charge is -2.23. The van der Waals surface area contributed by atoms with Crippen molar-refractivity contribution in [1.82, 2.24) is 14.8 Å². The van der Waals surface area contributed by atoms with Crippen LogP contribution in [0, 0.1) is 24.1 Å². The number of aromatic nitrogens is 3. The first-order valence-electron chi connectivity index (χ1n) is 8.56. The van der Waals surface area contributed by atoms with Crippen LogP contribution in [0.2, 0.25) is 0 Å². The number of nitrogens with zero attached hydrogens (tertiary/aromatic N) is 4. The van der Waals surface area contributed by atoms with Crippen molar-refractivity contribution in [2.24, 2.45) is 0 Å². The van der Waals surface area contributed by atoms with E-state index in [1.54, 1.807) is 6.92 Å². The largest absolute Gasteiger partial charge is 0.419 e. The molecule has 11 heteroatoms. The molecule has 0 spiro atoms. The molecule has 2 N–H and O–H groups in total. The van der Waals surface area contributed by atoms with Crippen LogP contribution in [0.1, 0.15) is 23.9 Å². The minimum atomic E-state index is -4.85. The number of carbonyl (C=O) groups is 1. The Morgan fingerprint density at radius 3 is 2.67 bits per heavy atom. The number of halogens is 4. The zero-order chi connectivity index (χ0) is 22.3. The summed E-state index contributed by atoms with van der Waals surface area (Å²) in [7, 11) is 0. The fourth-order valence-electron chi connectivity index (χ4n) is 2.90. The van der Waals surface area contributed by atoms with Gasteiger partial charge in [-0.1, -0.05) is 0 Å². The van der Waals surface area contributed by atoms with Crippen molar-refractivity contribution in [3.8, 4) is 6.07 Å². The Hall–Kier alpha value is -3.52. The number of fused-ring (bicyclic) bond motifs is 1. The van der Waals surface area contributed by atoms with E-state index < -0.39 is 34.8 Å². The van der Waals surface area contributed by atoms with Crippen molar-refractivity contribution in [1.29, 1.82) is 5.26 Å². The van der Waals surface area contributed by atoms with Gasteiger partial charge in [0.2, 0.25) is 0 Å². The number of pyridine rings is 1. The van der Waals surface area contributed by atoms with Crippen molar-refractivity contribution >= 4 is 22.5 Å². The number of anilines is 1. The summed E-state index contributed by atoms with van der Waals surface area (Å²) in [6, 6.07) is 5.82. The highest BCUT2D eigenvalue weighted by atomic mass is 19.4. The van der Waals surface area contributed by atoms with Crippen LogP contribution >= 0.6 is 0 Å². The molecule has 0 aliphatic carbocycles. The summed E-state index contributed by atoms with van der Waals surface area (Å²) >= 11 is 0. The van der Waals surface area contributed by atoms with Crippen LogP contribution in [0.5, 0.6) is 0 Å². The average Bonchev–Trinajstić information content (AvgIpc) is 2.95. The lowest BCUT2D eigenvalue weighted by Crippen LogP contribution is -2.44. The zero-order valence-corrected chi connectivity index (χ0v) is 15.8. The molecule has 3 rings (SSSR count). The minimum absolute atomic E-state index is 0.338. The van der Waals surface area contributed by atoms with Crippen molar-refractivity contribution in [3.63, 3.8) is 0 Å². The second-order valence-electron chi connectivity index (χ2n) is 6.86. The Bertz CT molecular complexity index is 1180. The van der Waals surface area contributed by atoms with E-state index in [4.69, 9.17) is 5.26 Å². The van der Waals surface area contributed by atoms with Gasteiger partial charge in [-0.05, 0) is 38.1 Å². The highest BCUT2D eigenvalue weighted by Crippen LogP contribution is 2.32. The fourth-order valence-corrected chi connectivity index (χ4v) is 2.90. The molecule has 0 saturated carbocycles. The molecule has 0 saturated heterocycles. The molecular formula is C19H15F4N5O2. The van der Waals surface area contributed by atoms with Gasteiger partial charge in [0.15, 0.2) is 11.3 Å². The van der Waals surface area contributed by atoms with E-state index in [1.807, 2.05) is 0 Å². The number of benzene rings is 1. The maximum atomic E-state index is 13.4. The van der Waals surface area contributed by atoms with Gasteiger partial charge in [0.25, 0.3) is 5.91 Å². The number of carbonyl (C=O) groups excluding carboxylic acids is 1. The van der Waals surface area contributed by atoms with Gasteiger partial charge in [0.1, 0.15) is 11.9 Å². The van der Waals surface area contributed by atoms with E-state index in [9.17, 15) is 27.5 Å². The first-order chi connectivity index (χ1) is 13.9. The van der Waals surface area contributed by atoms with Crippen molar-refractivity contribution in [2.75, 3.05) is 5.32 Å². The quantitative estimate of drug-likeness (QED) is 0.630. The molecule has 3 aromatic rings. The van der Waals surface area contributed by atoms with Gasteiger partial charge in [0.05, 0.1) is 35.2 Å². The Balaban J connectivity index is 1.86. The Kier molecular flexibility index (Phi) is 5.22. The maximum Gasteiger partial charge on any atom is 0.419 e. The summed E-state index contributed by atoms with van der Waals surface area (Å²) in [5, 5.41) is 26.2. The molecule has 1 atom stereocenters. The minimum Gasteiger partial charge on any atom is -0.378 e. The smallest absolute Gasteiger partial charge is 0.378 e. The summed E-state index contributed by atoms with van der Waals surface area (Å²) in [5.41, 5.74) is -3.61. The van der Waals surface area contributed by atoms with Gasteiger partial charge in [-0.2, -0.15) is 23.5 Å². The molecular weight excluding hydrogens is 406 g/mol. The van der Waals surface area contributed by atoms with Crippen LogP contribution in [-0.4, -0.2) is 31.4 Å². The number of nitriles is 1. The van der Waals surface area contributed by atoms with Gasteiger partial charge in [-0.15, -0.1) is 0 Å². The number of alkyl halides is 3. The molecule has 7 nitrogen and oxygen atoms in total. The lowest BCUT2D eigenvalue weighted by atomic mass is 10.1. The summed E-state index contributed by atoms with van der Waals surface area (Å²) < 4.78 is 53.9. The summed E-state index contributed by atoms with van der Waals surface area (Å²) in [6.07, 6.45) is -3.96. The van der Waals surface area contributed by atoms with Gasteiger partial charge in [-0.3, -0.25) is 9.48 Å². The Morgan fingerprint density at radius 1 is 1.33 bits per heavy atom. The fraction of sp³-hybridized carbons (Fsp3) is 0.263. The van der Waals surface area contributed by atoms with Gasteiger partial charge >= 0.3 is 6.18 Å². The number of rotatable bonds is 4. The van der Waals surface area contributed by atoms with E-state index in [1.165, 1.54) is 29.0 Å². The first-order valence-corrected chi connectivity index (χ1v) is 8.56. The predicted molar refractivity (Wildman–Crippen MR) is 97.6 cm³/mol. The molecule has 1 unspecified atom stereocenters. The number of hydrogen-bond donors (Lipinski definition) is 2. The molecule has 1 amide bonds. The number of amides is 1. The van der Waals surface area contributed by atoms with E-state index in [-0.39, 0.29) is 12.2 Å². The third-order valence-electron chi connectivity index (χ3n) is 4.40. The molecule has 0 aliphatic rings.